The molecule has 0 aromatic heterocycles. The van der Waals surface area contributed by atoms with Crippen molar-refractivity contribution in [1.29, 1.82) is 5.41 Å². The quantitative estimate of drug-likeness (QED) is 0.462. The van der Waals surface area contributed by atoms with E-state index in [1.54, 1.807) is 18.2 Å². The smallest absolute Gasteiger partial charge is 0.133 e. The van der Waals surface area contributed by atoms with Gasteiger partial charge in [-0.15, -0.1) is 0 Å². The zero-order chi connectivity index (χ0) is 13.5. The van der Waals surface area contributed by atoms with Crippen LogP contribution < -0.4 is 10.5 Å². The topological polar surface area (TPSA) is 68.3 Å². The molecule has 4 nitrogen and oxygen atoms in total. The molecular formula is C13H19BrN2O2. The van der Waals surface area contributed by atoms with Crippen LogP contribution in [-0.2, 0) is 4.74 Å². The number of amidine groups is 1. The van der Waals surface area contributed by atoms with Gasteiger partial charge in [0.1, 0.15) is 18.2 Å². The third-order valence-electron chi connectivity index (χ3n) is 2.18. The summed E-state index contributed by atoms with van der Waals surface area (Å²) in [5.41, 5.74) is 6.07. The van der Waals surface area contributed by atoms with Crippen molar-refractivity contribution in [2.45, 2.75) is 13.8 Å². The molecule has 0 spiro atoms. The number of halogens is 1. The van der Waals surface area contributed by atoms with Crippen LogP contribution in [0.25, 0.3) is 0 Å². The second-order valence-electron chi connectivity index (χ2n) is 4.38. The van der Waals surface area contributed by atoms with Gasteiger partial charge in [0.25, 0.3) is 0 Å². The second-order valence-corrected chi connectivity index (χ2v) is 5.23. The van der Waals surface area contributed by atoms with Crippen LogP contribution in [0.4, 0.5) is 0 Å². The molecule has 0 saturated heterocycles. The van der Waals surface area contributed by atoms with Crippen molar-refractivity contribution in [3.8, 4) is 5.75 Å². The number of rotatable bonds is 7. The maximum Gasteiger partial charge on any atom is 0.133 e. The predicted octanol–water partition coefficient (Wildman–Crippen LogP) is 2.78. The summed E-state index contributed by atoms with van der Waals surface area (Å²) in [4.78, 5) is 0. The van der Waals surface area contributed by atoms with Gasteiger partial charge in [-0.1, -0.05) is 13.8 Å². The van der Waals surface area contributed by atoms with Crippen molar-refractivity contribution < 1.29 is 9.47 Å². The van der Waals surface area contributed by atoms with Gasteiger partial charge < -0.3 is 15.2 Å². The molecule has 0 unspecified atom stereocenters. The molecule has 0 bridgehead atoms. The Morgan fingerprint density at radius 2 is 2.11 bits per heavy atom. The van der Waals surface area contributed by atoms with Crippen LogP contribution in [0.15, 0.2) is 22.7 Å². The minimum Gasteiger partial charge on any atom is -0.490 e. The average Bonchev–Trinajstić information content (AvgIpc) is 2.29. The summed E-state index contributed by atoms with van der Waals surface area (Å²) in [6, 6.07) is 5.33. The summed E-state index contributed by atoms with van der Waals surface area (Å²) in [5.74, 6) is 1.31. The number of hydrogen-bond donors (Lipinski definition) is 2. The van der Waals surface area contributed by atoms with Crippen LogP contribution in [0, 0.1) is 11.3 Å². The summed E-state index contributed by atoms with van der Waals surface area (Å²) >= 11 is 3.39. The third-order valence-corrected chi connectivity index (χ3v) is 2.80. The van der Waals surface area contributed by atoms with Crippen molar-refractivity contribution in [3.63, 3.8) is 0 Å². The molecule has 0 atom stereocenters. The van der Waals surface area contributed by atoms with Crippen molar-refractivity contribution in [3.05, 3.63) is 28.2 Å². The van der Waals surface area contributed by atoms with Crippen LogP contribution in [0.3, 0.4) is 0 Å². The van der Waals surface area contributed by atoms with Gasteiger partial charge >= 0.3 is 0 Å². The lowest BCUT2D eigenvalue weighted by atomic mass is 10.2. The molecule has 1 aromatic rings. The standard InChI is InChI=1S/C13H19BrN2O2/c1-9(2)8-17-5-6-18-12-4-3-10(13(15)16)7-11(12)14/h3-4,7,9H,5-6,8H2,1-2H3,(H3,15,16). The lowest BCUT2D eigenvalue weighted by Gasteiger charge is -2.10. The summed E-state index contributed by atoms with van der Waals surface area (Å²) in [5, 5.41) is 7.33. The molecule has 1 rings (SSSR count). The number of ether oxygens (including phenoxy) is 2. The molecule has 0 aliphatic rings. The summed E-state index contributed by atoms with van der Waals surface area (Å²) < 4.78 is 11.8. The minimum atomic E-state index is 0.0440. The van der Waals surface area contributed by atoms with E-state index in [0.29, 0.717) is 24.7 Å². The molecule has 0 amide bonds. The zero-order valence-corrected chi connectivity index (χ0v) is 12.3. The Balaban J connectivity index is 2.41. The van der Waals surface area contributed by atoms with Gasteiger partial charge in [-0.3, -0.25) is 5.41 Å². The van der Waals surface area contributed by atoms with Crippen LogP contribution >= 0.6 is 15.9 Å². The fourth-order valence-corrected chi connectivity index (χ4v) is 1.81. The van der Waals surface area contributed by atoms with Gasteiger partial charge in [0, 0.05) is 12.2 Å². The molecule has 1 aromatic carbocycles. The normalized spacial score (nSPS) is 10.7. The lowest BCUT2D eigenvalue weighted by molar-refractivity contribution is 0.0817. The van der Waals surface area contributed by atoms with Crippen LogP contribution in [-0.4, -0.2) is 25.7 Å². The molecule has 0 saturated carbocycles. The van der Waals surface area contributed by atoms with Gasteiger partial charge in [0.2, 0.25) is 0 Å². The van der Waals surface area contributed by atoms with Crippen LogP contribution in [0.2, 0.25) is 0 Å². The summed E-state index contributed by atoms with van der Waals surface area (Å²) in [6.45, 7) is 6.04. The molecule has 0 heterocycles. The van der Waals surface area contributed by atoms with Gasteiger partial charge in [-0.2, -0.15) is 0 Å². The molecule has 5 heteroatoms. The Kier molecular flexibility index (Phi) is 6.15. The van der Waals surface area contributed by atoms with Gasteiger partial charge in [0.15, 0.2) is 0 Å². The van der Waals surface area contributed by atoms with E-state index in [0.717, 1.165) is 16.8 Å². The molecule has 0 aliphatic carbocycles. The van der Waals surface area contributed by atoms with E-state index in [1.165, 1.54) is 0 Å². The SMILES string of the molecule is CC(C)COCCOc1ccc(C(=N)N)cc1Br. The Bertz CT molecular complexity index is 408. The molecule has 100 valence electrons. The van der Waals surface area contributed by atoms with E-state index in [1.807, 2.05) is 0 Å². The number of nitrogens with two attached hydrogens (primary N) is 1. The van der Waals surface area contributed by atoms with Gasteiger partial charge in [-0.05, 0) is 40.0 Å². The maximum atomic E-state index is 7.33. The number of nitrogens with one attached hydrogen (secondary N) is 1. The average molecular weight is 315 g/mol. The molecule has 3 N–H and O–H groups in total. The van der Waals surface area contributed by atoms with Crippen LogP contribution in [0.1, 0.15) is 19.4 Å². The largest absolute Gasteiger partial charge is 0.490 e. The van der Waals surface area contributed by atoms with E-state index >= 15 is 0 Å². The van der Waals surface area contributed by atoms with Crippen molar-refractivity contribution in [2.75, 3.05) is 19.8 Å². The first kappa shape index (κ1) is 15.0. The number of nitrogen functional groups attached to an aromatic ring is 1. The highest BCUT2D eigenvalue weighted by Crippen LogP contribution is 2.25. The van der Waals surface area contributed by atoms with Crippen molar-refractivity contribution in [1.82, 2.24) is 0 Å². The van der Waals surface area contributed by atoms with Crippen LogP contribution in [0.5, 0.6) is 5.75 Å². The molecule has 18 heavy (non-hydrogen) atoms. The zero-order valence-electron chi connectivity index (χ0n) is 10.7. The minimum absolute atomic E-state index is 0.0440. The second kappa shape index (κ2) is 7.38. The molecule has 0 radical (unpaired) electrons. The van der Waals surface area contributed by atoms with E-state index in [9.17, 15) is 0 Å². The van der Waals surface area contributed by atoms with E-state index in [2.05, 4.69) is 29.8 Å². The lowest BCUT2D eigenvalue weighted by Crippen LogP contribution is -2.12. The Morgan fingerprint density at radius 1 is 1.39 bits per heavy atom. The highest BCUT2D eigenvalue weighted by molar-refractivity contribution is 9.10. The molecular weight excluding hydrogens is 296 g/mol. The van der Waals surface area contributed by atoms with Crippen molar-refractivity contribution in [2.24, 2.45) is 11.7 Å². The third kappa shape index (κ3) is 5.06. The number of benzene rings is 1. The molecule has 0 aliphatic heterocycles. The van der Waals surface area contributed by atoms with Crippen molar-refractivity contribution >= 4 is 21.8 Å². The van der Waals surface area contributed by atoms with E-state index in [4.69, 9.17) is 20.6 Å². The van der Waals surface area contributed by atoms with Gasteiger partial charge in [-0.25, -0.2) is 0 Å². The highest BCUT2D eigenvalue weighted by Gasteiger charge is 2.04. The van der Waals surface area contributed by atoms with E-state index < -0.39 is 0 Å². The Hall–Kier alpha value is -1.07. The Labute approximate surface area is 116 Å². The fourth-order valence-electron chi connectivity index (χ4n) is 1.32. The number of hydrogen-bond acceptors (Lipinski definition) is 3. The Morgan fingerprint density at radius 3 is 2.67 bits per heavy atom. The first-order chi connectivity index (χ1) is 8.50. The first-order valence-electron chi connectivity index (χ1n) is 5.85. The summed E-state index contributed by atoms with van der Waals surface area (Å²) in [7, 11) is 0. The van der Waals surface area contributed by atoms with E-state index in [-0.39, 0.29) is 5.84 Å². The summed E-state index contributed by atoms with van der Waals surface area (Å²) in [6.07, 6.45) is 0. The highest BCUT2D eigenvalue weighted by atomic mass is 79.9. The fraction of sp³-hybridized carbons (Fsp3) is 0.462. The maximum absolute atomic E-state index is 7.33. The predicted molar refractivity (Wildman–Crippen MR) is 76.3 cm³/mol. The van der Waals surface area contributed by atoms with Gasteiger partial charge in [0.05, 0.1) is 11.1 Å². The monoisotopic (exact) mass is 314 g/mol. The first-order valence-corrected chi connectivity index (χ1v) is 6.64. The molecule has 0 fully saturated rings.